The monoisotopic (exact) mass is 412 g/mol. The molecule has 0 unspecified atom stereocenters. The molecule has 29 heavy (non-hydrogen) atoms. The van der Waals surface area contributed by atoms with E-state index in [0.717, 1.165) is 5.56 Å². The molecule has 0 spiro atoms. The molecule has 2 N–H and O–H groups in total. The molecule has 1 aliphatic carbocycles. The Kier molecular flexibility index (Phi) is 5.12. The van der Waals surface area contributed by atoms with Crippen molar-refractivity contribution < 1.29 is 9.90 Å². The molecule has 3 atom stereocenters. The van der Waals surface area contributed by atoms with Crippen molar-refractivity contribution in [2.24, 2.45) is 11.8 Å². The minimum atomic E-state index is -0.790. The summed E-state index contributed by atoms with van der Waals surface area (Å²) in [6, 6.07) is 15.5. The standard InChI is InChI=1S/C24H29ClN2O2/c1-23(2,3)18-7-9-19(10-8-18)24(29)12-16-14-27(15-17(16)13-24)22(28)26-21-6-4-5-20(25)11-21/h4-11,16-17,29H,12-15H2,1-3H3,(H,26,28)/t16-,17+,24-. The van der Waals surface area contributed by atoms with Gasteiger partial charge in [0, 0.05) is 23.8 Å². The molecule has 2 aromatic carbocycles. The molecule has 2 aromatic rings. The highest BCUT2D eigenvalue weighted by Gasteiger charge is 2.49. The summed E-state index contributed by atoms with van der Waals surface area (Å²) in [4.78, 5) is 14.5. The van der Waals surface area contributed by atoms with Crippen LogP contribution in [0, 0.1) is 11.8 Å². The summed E-state index contributed by atoms with van der Waals surface area (Å²) in [5.74, 6) is 0.653. The first-order chi connectivity index (χ1) is 13.6. The van der Waals surface area contributed by atoms with Crippen molar-refractivity contribution in [3.8, 4) is 0 Å². The smallest absolute Gasteiger partial charge is 0.321 e. The Morgan fingerprint density at radius 3 is 2.28 bits per heavy atom. The van der Waals surface area contributed by atoms with Gasteiger partial charge in [0.25, 0.3) is 0 Å². The number of likely N-dealkylation sites (tertiary alicyclic amines) is 1. The van der Waals surface area contributed by atoms with E-state index in [-0.39, 0.29) is 11.4 Å². The van der Waals surface area contributed by atoms with Crippen molar-refractivity contribution in [2.45, 2.75) is 44.6 Å². The average molecular weight is 413 g/mol. The van der Waals surface area contributed by atoms with E-state index in [9.17, 15) is 9.90 Å². The zero-order valence-corrected chi connectivity index (χ0v) is 18.0. The van der Waals surface area contributed by atoms with Gasteiger partial charge in [-0.25, -0.2) is 4.79 Å². The molecule has 2 amide bonds. The Morgan fingerprint density at radius 2 is 1.72 bits per heavy atom. The number of hydrogen-bond donors (Lipinski definition) is 2. The van der Waals surface area contributed by atoms with Crippen LogP contribution in [-0.2, 0) is 11.0 Å². The summed E-state index contributed by atoms with van der Waals surface area (Å²) < 4.78 is 0. The molecule has 1 heterocycles. The number of urea groups is 1. The first kappa shape index (κ1) is 20.2. The zero-order valence-electron chi connectivity index (χ0n) is 17.3. The fraction of sp³-hybridized carbons (Fsp3) is 0.458. The van der Waals surface area contributed by atoms with Gasteiger partial charge in [0.05, 0.1) is 5.60 Å². The van der Waals surface area contributed by atoms with Gasteiger partial charge in [-0.05, 0) is 59.4 Å². The SMILES string of the molecule is CC(C)(C)c1ccc([C@]2(O)C[C@H]3CN(C(=O)Nc4cccc(Cl)c4)C[C@H]3C2)cc1. The molecule has 1 saturated carbocycles. The van der Waals surface area contributed by atoms with Crippen LogP contribution < -0.4 is 5.32 Å². The summed E-state index contributed by atoms with van der Waals surface area (Å²) >= 11 is 6.00. The third-order valence-electron chi connectivity index (χ3n) is 6.43. The second-order valence-corrected chi connectivity index (χ2v) is 10.1. The summed E-state index contributed by atoms with van der Waals surface area (Å²) in [5, 5.41) is 14.8. The van der Waals surface area contributed by atoms with Crippen LogP contribution in [0.15, 0.2) is 48.5 Å². The molecule has 1 aliphatic heterocycles. The quantitative estimate of drug-likeness (QED) is 0.693. The van der Waals surface area contributed by atoms with Crippen LogP contribution in [0.25, 0.3) is 0 Å². The maximum absolute atomic E-state index is 12.6. The van der Waals surface area contributed by atoms with E-state index >= 15 is 0 Å². The third kappa shape index (κ3) is 4.15. The number of rotatable bonds is 2. The molecule has 0 aromatic heterocycles. The largest absolute Gasteiger partial charge is 0.385 e. The minimum absolute atomic E-state index is 0.0975. The highest BCUT2D eigenvalue weighted by atomic mass is 35.5. The Bertz CT molecular complexity index is 890. The average Bonchev–Trinajstić information content (AvgIpc) is 3.17. The van der Waals surface area contributed by atoms with Gasteiger partial charge < -0.3 is 15.3 Å². The topological polar surface area (TPSA) is 52.6 Å². The Hall–Kier alpha value is -2.04. The normalized spacial score (nSPS) is 26.4. The van der Waals surface area contributed by atoms with Crippen molar-refractivity contribution in [1.29, 1.82) is 0 Å². The lowest BCUT2D eigenvalue weighted by Crippen LogP contribution is -2.35. The second kappa shape index (κ2) is 7.33. The van der Waals surface area contributed by atoms with Gasteiger partial charge in [0.1, 0.15) is 0 Å². The van der Waals surface area contributed by atoms with Crippen LogP contribution in [0.4, 0.5) is 10.5 Å². The number of carbonyl (C=O) groups excluding carboxylic acids is 1. The molecule has 2 fully saturated rings. The van der Waals surface area contributed by atoms with Crippen LogP contribution in [-0.4, -0.2) is 29.1 Å². The number of fused-ring (bicyclic) bond motifs is 1. The lowest BCUT2D eigenvalue weighted by Gasteiger charge is -2.28. The van der Waals surface area contributed by atoms with Crippen molar-refractivity contribution in [2.75, 3.05) is 18.4 Å². The van der Waals surface area contributed by atoms with Crippen molar-refractivity contribution >= 4 is 23.3 Å². The zero-order chi connectivity index (χ0) is 20.8. The van der Waals surface area contributed by atoms with Gasteiger partial charge in [-0.3, -0.25) is 0 Å². The van der Waals surface area contributed by atoms with Crippen LogP contribution in [0.5, 0.6) is 0 Å². The number of aliphatic hydroxyl groups is 1. The fourth-order valence-electron chi connectivity index (χ4n) is 4.80. The van der Waals surface area contributed by atoms with E-state index in [4.69, 9.17) is 11.6 Å². The molecule has 154 valence electrons. The van der Waals surface area contributed by atoms with Crippen LogP contribution in [0.2, 0.25) is 5.02 Å². The molecular formula is C24H29ClN2O2. The summed E-state index contributed by atoms with van der Waals surface area (Å²) in [5.41, 5.74) is 2.28. The first-order valence-electron chi connectivity index (χ1n) is 10.3. The second-order valence-electron chi connectivity index (χ2n) is 9.63. The number of nitrogens with one attached hydrogen (secondary N) is 1. The van der Waals surface area contributed by atoms with Crippen LogP contribution >= 0.6 is 11.6 Å². The van der Waals surface area contributed by atoms with Gasteiger partial charge in [-0.2, -0.15) is 0 Å². The number of amides is 2. The maximum Gasteiger partial charge on any atom is 0.321 e. The van der Waals surface area contributed by atoms with Gasteiger partial charge in [-0.1, -0.05) is 62.7 Å². The molecule has 2 aliphatic rings. The number of halogens is 1. The summed E-state index contributed by atoms with van der Waals surface area (Å²) in [6.45, 7) is 7.94. The van der Waals surface area contributed by atoms with E-state index in [1.807, 2.05) is 17.0 Å². The number of nitrogens with zero attached hydrogens (tertiary/aromatic N) is 1. The van der Waals surface area contributed by atoms with E-state index in [2.05, 4.69) is 50.4 Å². The Balaban J connectivity index is 1.40. The number of anilines is 1. The minimum Gasteiger partial charge on any atom is -0.385 e. The number of benzene rings is 2. The number of hydrogen-bond acceptors (Lipinski definition) is 2. The molecule has 0 bridgehead atoms. The van der Waals surface area contributed by atoms with Crippen LogP contribution in [0.3, 0.4) is 0 Å². The lowest BCUT2D eigenvalue weighted by atomic mass is 9.84. The predicted octanol–water partition coefficient (Wildman–Crippen LogP) is 5.40. The molecule has 4 nitrogen and oxygen atoms in total. The highest BCUT2D eigenvalue weighted by Crippen LogP contribution is 2.49. The molecule has 0 radical (unpaired) electrons. The number of carbonyl (C=O) groups is 1. The van der Waals surface area contributed by atoms with E-state index in [1.54, 1.807) is 12.1 Å². The van der Waals surface area contributed by atoms with Gasteiger partial charge in [0.2, 0.25) is 0 Å². The van der Waals surface area contributed by atoms with Crippen molar-refractivity contribution in [3.05, 3.63) is 64.7 Å². The highest BCUT2D eigenvalue weighted by molar-refractivity contribution is 6.30. The lowest BCUT2D eigenvalue weighted by molar-refractivity contribution is 0.0328. The molecule has 5 heteroatoms. The summed E-state index contributed by atoms with van der Waals surface area (Å²) in [7, 11) is 0. The Labute approximate surface area is 177 Å². The molecule has 1 saturated heterocycles. The first-order valence-corrected chi connectivity index (χ1v) is 10.7. The third-order valence-corrected chi connectivity index (χ3v) is 6.66. The van der Waals surface area contributed by atoms with Gasteiger partial charge in [-0.15, -0.1) is 0 Å². The van der Waals surface area contributed by atoms with E-state index < -0.39 is 5.60 Å². The molecule has 4 rings (SSSR count). The Morgan fingerprint density at radius 1 is 1.10 bits per heavy atom. The van der Waals surface area contributed by atoms with Crippen molar-refractivity contribution in [3.63, 3.8) is 0 Å². The maximum atomic E-state index is 12.6. The fourth-order valence-corrected chi connectivity index (χ4v) is 4.99. The van der Waals surface area contributed by atoms with Gasteiger partial charge in [0.15, 0.2) is 0 Å². The predicted molar refractivity (Wildman–Crippen MR) is 117 cm³/mol. The van der Waals surface area contributed by atoms with E-state index in [0.29, 0.717) is 48.5 Å². The summed E-state index contributed by atoms with van der Waals surface area (Å²) in [6.07, 6.45) is 1.40. The van der Waals surface area contributed by atoms with Crippen LogP contribution in [0.1, 0.15) is 44.7 Å². The van der Waals surface area contributed by atoms with Gasteiger partial charge >= 0.3 is 6.03 Å². The molecular weight excluding hydrogens is 384 g/mol. The van der Waals surface area contributed by atoms with E-state index in [1.165, 1.54) is 5.56 Å². The van der Waals surface area contributed by atoms with Crippen molar-refractivity contribution in [1.82, 2.24) is 4.90 Å².